The van der Waals surface area contributed by atoms with Crippen LogP contribution in [0.5, 0.6) is 0 Å². The predicted octanol–water partition coefficient (Wildman–Crippen LogP) is 7.85. The molecule has 40 heavy (non-hydrogen) atoms. The van der Waals surface area contributed by atoms with E-state index in [9.17, 15) is 53.5 Å². The number of amides is 1. The first-order valence-electron chi connectivity index (χ1n) is 10.8. The van der Waals surface area contributed by atoms with Crippen LogP contribution in [0.3, 0.4) is 0 Å². The predicted molar refractivity (Wildman–Crippen MR) is 125 cm³/mol. The highest BCUT2D eigenvalue weighted by molar-refractivity contribution is 9.10. The van der Waals surface area contributed by atoms with Gasteiger partial charge < -0.3 is 0 Å². The highest BCUT2D eigenvalue weighted by Crippen LogP contribution is 2.54. The quantitative estimate of drug-likeness (QED) is 0.203. The molecule has 15 heteroatoms. The Morgan fingerprint density at radius 2 is 1.40 bits per heavy atom. The van der Waals surface area contributed by atoms with Gasteiger partial charge in [0.25, 0.3) is 5.91 Å². The maximum absolute atomic E-state index is 14.5. The third-order valence-electron chi connectivity index (χ3n) is 5.71. The lowest BCUT2D eigenvalue weighted by molar-refractivity contribution is -0.348. The van der Waals surface area contributed by atoms with Crippen LogP contribution < -0.4 is 4.90 Å². The van der Waals surface area contributed by atoms with Crippen molar-refractivity contribution in [2.24, 2.45) is 0 Å². The number of carbonyl (C=O) groups excluding carboxylic acids is 2. The van der Waals surface area contributed by atoms with Crippen LogP contribution in [-0.4, -0.2) is 36.1 Å². The van der Waals surface area contributed by atoms with E-state index in [4.69, 9.17) is 0 Å². The fourth-order valence-corrected chi connectivity index (χ4v) is 4.25. The Labute approximate surface area is 227 Å². The van der Waals surface area contributed by atoms with Gasteiger partial charge in [-0.25, -0.2) is 9.37 Å². The molecule has 0 radical (unpaired) electrons. The SMILES string of the molecule is CN(C(=O)c1ccccc1)c1cccc(C(=O)Cc2c(Br)cc(C(F)(C(F)(F)F)C(F)(F)F)cc2C(F)(F)F)n1. The molecular weight excluding hydrogens is 630 g/mol. The molecule has 214 valence electrons. The lowest BCUT2D eigenvalue weighted by atomic mass is 9.89. The summed E-state index contributed by atoms with van der Waals surface area (Å²) in [7, 11) is 1.31. The molecule has 3 rings (SSSR count). The molecule has 0 saturated heterocycles. The van der Waals surface area contributed by atoms with E-state index in [1.165, 1.54) is 31.3 Å². The monoisotopic (exact) mass is 644 g/mol. The van der Waals surface area contributed by atoms with Gasteiger partial charge in [0.05, 0.1) is 5.56 Å². The number of carbonyl (C=O) groups is 2. The molecule has 0 fully saturated rings. The molecule has 3 aromatic rings. The van der Waals surface area contributed by atoms with Crippen LogP contribution in [0, 0.1) is 0 Å². The lowest BCUT2D eigenvalue weighted by Gasteiger charge is -2.31. The molecule has 4 nitrogen and oxygen atoms in total. The van der Waals surface area contributed by atoms with E-state index in [1.54, 1.807) is 18.2 Å². The summed E-state index contributed by atoms with van der Waals surface area (Å²) in [4.78, 5) is 30.5. The smallest absolute Gasteiger partial charge is 0.296 e. The number of halogens is 11. The molecule has 2 aromatic carbocycles. The number of Topliss-reactive ketones (excluding diaryl/α,β-unsaturated/α-hetero) is 1. The standard InChI is InChI=1S/C25H15BrF10N2O2/c1-38(21(40)13-6-3-2-4-7-13)20-9-5-8-18(37-20)19(39)12-15-16(23(28,29)30)10-14(11-17(15)26)22(27,24(31,32)33)25(34,35)36/h2-11H,12H2,1H3. The van der Waals surface area contributed by atoms with Crippen molar-refractivity contribution in [3.8, 4) is 0 Å². The van der Waals surface area contributed by atoms with Crippen LogP contribution in [0.25, 0.3) is 0 Å². The van der Waals surface area contributed by atoms with Gasteiger partial charge in [-0.2, -0.15) is 39.5 Å². The summed E-state index contributed by atoms with van der Waals surface area (Å²) in [6.07, 6.45) is -20.1. The van der Waals surface area contributed by atoms with Gasteiger partial charge in [0, 0.05) is 29.1 Å². The van der Waals surface area contributed by atoms with Crippen LogP contribution in [-0.2, 0) is 18.3 Å². The van der Waals surface area contributed by atoms with Crippen LogP contribution in [0.2, 0.25) is 0 Å². The molecule has 0 spiro atoms. The van der Waals surface area contributed by atoms with Crippen molar-refractivity contribution >= 4 is 33.4 Å². The third kappa shape index (κ3) is 5.98. The average Bonchev–Trinajstić information content (AvgIpc) is 2.86. The van der Waals surface area contributed by atoms with Crippen molar-refractivity contribution in [2.75, 3.05) is 11.9 Å². The first-order valence-corrected chi connectivity index (χ1v) is 11.6. The zero-order chi connectivity index (χ0) is 30.3. The lowest BCUT2D eigenvalue weighted by Crippen LogP contribution is -2.50. The number of ketones is 1. The van der Waals surface area contributed by atoms with Gasteiger partial charge in [-0.15, -0.1) is 0 Å². The van der Waals surface area contributed by atoms with Gasteiger partial charge in [0.15, 0.2) is 5.78 Å². The Morgan fingerprint density at radius 3 is 1.93 bits per heavy atom. The Morgan fingerprint density at radius 1 is 0.825 bits per heavy atom. The normalized spacial score (nSPS) is 12.8. The molecular formula is C25H15BrF10N2O2. The number of hydrogen-bond acceptors (Lipinski definition) is 3. The van der Waals surface area contributed by atoms with E-state index in [2.05, 4.69) is 20.9 Å². The number of rotatable bonds is 6. The van der Waals surface area contributed by atoms with Crippen LogP contribution in [0.1, 0.15) is 37.5 Å². The maximum atomic E-state index is 14.5. The van der Waals surface area contributed by atoms with Gasteiger partial charge in [-0.1, -0.05) is 40.2 Å². The van der Waals surface area contributed by atoms with Crippen molar-refractivity contribution in [1.82, 2.24) is 4.98 Å². The number of nitrogens with zero attached hydrogens (tertiary/aromatic N) is 2. The highest BCUT2D eigenvalue weighted by Gasteiger charge is 2.73. The van der Waals surface area contributed by atoms with E-state index >= 15 is 0 Å². The molecule has 0 aliphatic rings. The Bertz CT molecular complexity index is 1410. The van der Waals surface area contributed by atoms with E-state index in [0.29, 0.717) is 0 Å². The molecule has 0 aliphatic carbocycles. The van der Waals surface area contributed by atoms with Gasteiger partial charge >= 0.3 is 24.2 Å². The second-order valence-electron chi connectivity index (χ2n) is 8.35. The number of alkyl halides is 10. The van der Waals surface area contributed by atoms with Gasteiger partial charge in [-0.05, 0) is 42.0 Å². The van der Waals surface area contributed by atoms with Gasteiger partial charge in [0.2, 0.25) is 0 Å². The van der Waals surface area contributed by atoms with Crippen LogP contribution >= 0.6 is 15.9 Å². The first kappa shape index (κ1) is 31.0. The van der Waals surface area contributed by atoms with E-state index < -0.39 is 75.2 Å². The molecule has 0 saturated carbocycles. The molecule has 0 atom stereocenters. The number of anilines is 1. The fraction of sp³-hybridized carbons (Fsp3) is 0.240. The van der Waals surface area contributed by atoms with Gasteiger partial charge in [0.1, 0.15) is 11.5 Å². The number of hydrogen-bond donors (Lipinski definition) is 0. The second kappa shape index (κ2) is 10.8. The van der Waals surface area contributed by atoms with Crippen LogP contribution in [0.15, 0.2) is 65.1 Å². The van der Waals surface area contributed by atoms with E-state index in [0.717, 1.165) is 11.0 Å². The third-order valence-corrected chi connectivity index (χ3v) is 6.41. The zero-order valence-corrected chi connectivity index (χ0v) is 21.4. The molecule has 1 heterocycles. The molecule has 0 aliphatic heterocycles. The minimum absolute atomic E-state index is 0.0808. The van der Waals surface area contributed by atoms with Crippen molar-refractivity contribution in [3.63, 3.8) is 0 Å². The number of benzene rings is 2. The zero-order valence-electron chi connectivity index (χ0n) is 19.8. The highest BCUT2D eigenvalue weighted by atomic mass is 79.9. The fourth-order valence-electron chi connectivity index (χ4n) is 3.65. The minimum Gasteiger partial charge on any atom is -0.296 e. The summed E-state index contributed by atoms with van der Waals surface area (Å²) in [5, 5.41) is 0. The molecule has 1 aromatic heterocycles. The number of pyridine rings is 1. The van der Waals surface area contributed by atoms with Crippen molar-refractivity contribution in [3.05, 3.63) is 93.1 Å². The Kier molecular flexibility index (Phi) is 8.40. The largest absolute Gasteiger partial charge is 0.435 e. The Hall–Kier alpha value is -3.49. The average molecular weight is 645 g/mol. The van der Waals surface area contributed by atoms with Crippen molar-refractivity contribution < 1.29 is 53.5 Å². The Balaban J connectivity index is 2.03. The molecule has 0 bridgehead atoms. The van der Waals surface area contributed by atoms with Crippen molar-refractivity contribution in [2.45, 2.75) is 30.6 Å². The first-order chi connectivity index (χ1) is 18.3. The second-order valence-corrected chi connectivity index (χ2v) is 9.20. The summed E-state index contributed by atoms with van der Waals surface area (Å²) in [6.45, 7) is 0. The van der Waals surface area contributed by atoms with Crippen molar-refractivity contribution in [1.29, 1.82) is 0 Å². The van der Waals surface area contributed by atoms with Gasteiger partial charge in [-0.3, -0.25) is 14.5 Å². The summed E-state index contributed by atoms with van der Waals surface area (Å²) in [5.41, 5.74) is -11.8. The van der Waals surface area contributed by atoms with E-state index in [1.807, 2.05) is 0 Å². The summed E-state index contributed by atoms with van der Waals surface area (Å²) < 4.78 is 134. The topological polar surface area (TPSA) is 50.3 Å². The molecule has 1 amide bonds. The molecule has 0 unspecified atom stereocenters. The molecule has 0 N–H and O–H groups in total. The van der Waals surface area contributed by atoms with Crippen LogP contribution in [0.4, 0.5) is 49.7 Å². The van der Waals surface area contributed by atoms with E-state index in [-0.39, 0.29) is 17.4 Å². The minimum atomic E-state index is -6.65. The maximum Gasteiger partial charge on any atom is 0.435 e. The summed E-state index contributed by atoms with van der Waals surface area (Å²) in [5.74, 6) is -1.75. The number of aromatic nitrogens is 1. The summed E-state index contributed by atoms with van der Waals surface area (Å²) >= 11 is 2.47. The summed E-state index contributed by atoms with van der Waals surface area (Å²) in [6, 6.07) is 10.8.